The van der Waals surface area contributed by atoms with Crippen molar-refractivity contribution >= 4 is 27.0 Å². The van der Waals surface area contributed by atoms with Gasteiger partial charge < -0.3 is 9.80 Å². The molecule has 2 aromatic carbocycles. The van der Waals surface area contributed by atoms with Gasteiger partial charge in [-0.3, -0.25) is 34.1 Å². The number of carbonyl (C=O) groups is 3. The van der Waals surface area contributed by atoms with Crippen molar-refractivity contribution < 1.29 is 14.4 Å². The lowest BCUT2D eigenvalue weighted by Gasteiger charge is -2.44. The van der Waals surface area contributed by atoms with E-state index in [2.05, 4.69) is 85.3 Å². The first-order chi connectivity index (χ1) is 26.6. The van der Waals surface area contributed by atoms with Gasteiger partial charge in [-0.2, -0.15) is 0 Å². The van der Waals surface area contributed by atoms with Crippen molar-refractivity contribution in [2.75, 3.05) is 59.9 Å². The van der Waals surface area contributed by atoms with Crippen LogP contribution in [-0.4, -0.2) is 118 Å². The molecule has 4 atom stereocenters. The van der Waals surface area contributed by atoms with Crippen molar-refractivity contribution in [3.63, 3.8) is 0 Å². The van der Waals surface area contributed by atoms with E-state index in [-0.39, 0.29) is 35.0 Å². The maximum absolute atomic E-state index is 13.9. The highest BCUT2D eigenvalue weighted by atomic mass is 31.0. The summed E-state index contributed by atoms with van der Waals surface area (Å²) in [5.41, 5.74) is 4.82. The van der Waals surface area contributed by atoms with Crippen molar-refractivity contribution in [1.29, 1.82) is 0 Å². The normalized spacial score (nSPS) is 25.2. The second-order valence-electron chi connectivity index (χ2n) is 17.0. The molecule has 55 heavy (non-hydrogen) atoms. The van der Waals surface area contributed by atoms with E-state index in [1.165, 1.54) is 21.7 Å². The number of amides is 3. The fourth-order valence-corrected chi connectivity index (χ4v) is 9.89. The molecule has 3 heterocycles. The van der Waals surface area contributed by atoms with Crippen molar-refractivity contribution in [3.05, 3.63) is 101 Å². The SMILES string of the molecule is CN1CCN(CC[C@@H](c2ccccc2)N(C)C(=O)C2CCC(C)(P)CC2)C[C@@H]1CN(CCCCN1C(=O)c2ccccc2C1=O)[C@H]1CCCc2cccnc21. The molecule has 4 aliphatic rings. The zero-order valence-electron chi connectivity index (χ0n) is 33.2. The summed E-state index contributed by atoms with van der Waals surface area (Å²) in [6.07, 6.45) is 11.9. The van der Waals surface area contributed by atoms with Crippen molar-refractivity contribution in [2.45, 2.75) is 94.4 Å². The van der Waals surface area contributed by atoms with Crippen LogP contribution in [0.3, 0.4) is 0 Å². The molecule has 0 radical (unpaired) electrons. The highest BCUT2D eigenvalue weighted by molar-refractivity contribution is 7.18. The Morgan fingerprint density at radius 3 is 2.36 bits per heavy atom. The molecule has 1 saturated carbocycles. The molecule has 0 N–H and O–H groups in total. The zero-order valence-corrected chi connectivity index (χ0v) is 34.4. The van der Waals surface area contributed by atoms with Crippen molar-refractivity contribution in [3.8, 4) is 0 Å². The third kappa shape index (κ3) is 9.23. The first-order valence-electron chi connectivity index (χ1n) is 20.8. The van der Waals surface area contributed by atoms with Gasteiger partial charge in [0.25, 0.3) is 11.8 Å². The van der Waals surface area contributed by atoms with Gasteiger partial charge in [0, 0.05) is 64.5 Å². The van der Waals surface area contributed by atoms with E-state index < -0.39 is 0 Å². The molecule has 3 amide bonds. The number of carbonyl (C=O) groups excluding carboxylic acids is 3. The van der Waals surface area contributed by atoms with Gasteiger partial charge in [0.15, 0.2) is 0 Å². The summed E-state index contributed by atoms with van der Waals surface area (Å²) < 4.78 is 0. The summed E-state index contributed by atoms with van der Waals surface area (Å²) in [4.78, 5) is 56.3. The van der Waals surface area contributed by atoms with E-state index in [9.17, 15) is 14.4 Å². The lowest BCUT2D eigenvalue weighted by atomic mass is 9.81. The Kier molecular flexibility index (Phi) is 12.8. The van der Waals surface area contributed by atoms with Gasteiger partial charge in [-0.05, 0) is 112 Å². The average molecular weight is 765 g/mol. The number of likely N-dealkylation sites (N-methyl/N-ethyl adjacent to an activating group) is 1. The number of imide groups is 1. The van der Waals surface area contributed by atoms with Gasteiger partial charge in [0.1, 0.15) is 0 Å². The molecule has 294 valence electrons. The van der Waals surface area contributed by atoms with E-state index in [4.69, 9.17) is 4.98 Å². The molecular weight excluding hydrogens is 704 g/mol. The second-order valence-corrected chi connectivity index (χ2v) is 18.4. The number of piperazine rings is 1. The maximum Gasteiger partial charge on any atom is 0.261 e. The third-order valence-corrected chi connectivity index (χ3v) is 13.6. The summed E-state index contributed by atoms with van der Waals surface area (Å²) in [5, 5.41) is 0.250. The van der Waals surface area contributed by atoms with Crippen LogP contribution in [-0.2, 0) is 11.2 Å². The third-order valence-electron chi connectivity index (χ3n) is 13.1. The number of unbranched alkanes of at least 4 members (excludes halogenated alkanes) is 1. The Balaban J connectivity index is 1.01. The number of aromatic nitrogens is 1. The number of nitrogens with zero attached hydrogens (tertiary/aromatic N) is 6. The number of fused-ring (bicyclic) bond motifs is 2. The Labute approximate surface area is 331 Å². The summed E-state index contributed by atoms with van der Waals surface area (Å²) in [5.74, 6) is 0.0598. The molecule has 0 bridgehead atoms. The van der Waals surface area contributed by atoms with Crippen LogP contribution >= 0.6 is 9.24 Å². The van der Waals surface area contributed by atoms with E-state index in [0.717, 1.165) is 103 Å². The molecule has 10 heteroatoms. The highest BCUT2D eigenvalue weighted by Crippen LogP contribution is 2.40. The first kappa shape index (κ1) is 39.7. The first-order valence-corrected chi connectivity index (χ1v) is 21.3. The highest BCUT2D eigenvalue weighted by Gasteiger charge is 2.37. The van der Waals surface area contributed by atoms with Crippen LogP contribution in [0, 0.1) is 5.92 Å². The number of rotatable bonds is 14. The molecule has 3 aromatic rings. The van der Waals surface area contributed by atoms with Gasteiger partial charge >= 0.3 is 0 Å². The largest absolute Gasteiger partial charge is 0.338 e. The van der Waals surface area contributed by atoms with Gasteiger partial charge in [-0.1, -0.05) is 55.5 Å². The number of aryl methyl sites for hydroxylation is 1. The summed E-state index contributed by atoms with van der Waals surface area (Å²) in [7, 11) is 7.31. The summed E-state index contributed by atoms with van der Waals surface area (Å²) in [6.45, 7) is 8.46. The van der Waals surface area contributed by atoms with Crippen LogP contribution in [0.1, 0.15) is 114 Å². The minimum absolute atomic E-state index is 0.0413. The average Bonchev–Trinajstić information content (AvgIpc) is 3.44. The Bertz CT molecular complexity index is 1760. The molecule has 9 nitrogen and oxygen atoms in total. The maximum atomic E-state index is 13.9. The van der Waals surface area contributed by atoms with Crippen LogP contribution < -0.4 is 0 Å². The van der Waals surface area contributed by atoms with Crippen LogP contribution in [0.15, 0.2) is 72.9 Å². The van der Waals surface area contributed by atoms with Crippen LogP contribution in [0.5, 0.6) is 0 Å². The predicted octanol–water partition coefficient (Wildman–Crippen LogP) is 6.87. The molecule has 1 unspecified atom stereocenters. The Morgan fingerprint density at radius 1 is 0.927 bits per heavy atom. The van der Waals surface area contributed by atoms with Crippen molar-refractivity contribution in [1.82, 2.24) is 29.5 Å². The summed E-state index contributed by atoms with van der Waals surface area (Å²) in [6, 6.07) is 22.7. The van der Waals surface area contributed by atoms with Crippen molar-refractivity contribution in [2.24, 2.45) is 5.92 Å². The minimum atomic E-state index is -0.172. The Morgan fingerprint density at radius 2 is 1.64 bits per heavy atom. The van der Waals surface area contributed by atoms with Gasteiger partial charge in [0.2, 0.25) is 5.91 Å². The number of pyridine rings is 1. The van der Waals surface area contributed by atoms with Crippen LogP contribution in [0.2, 0.25) is 0 Å². The molecular formula is C45H61N6O3P. The molecule has 2 aliphatic heterocycles. The molecule has 0 spiro atoms. The van der Waals surface area contributed by atoms with Gasteiger partial charge in [-0.15, -0.1) is 9.24 Å². The molecule has 1 aromatic heterocycles. The molecule has 2 fully saturated rings. The fourth-order valence-electron chi connectivity index (χ4n) is 9.55. The zero-order chi connectivity index (χ0) is 38.5. The van der Waals surface area contributed by atoms with Crippen LogP contribution in [0.4, 0.5) is 0 Å². The summed E-state index contributed by atoms with van der Waals surface area (Å²) >= 11 is 0. The lowest BCUT2D eigenvalue weighted by Crippen LogP contribution is -2.56. The second kappa shape index (κ2) is 17.8. The fraction of sp³-hybridized carbons (Fsp3) is 0.556. The Hall–Kier alpha value is -3.49. The number of benzene rings is 2. The number of hydrogen-bond donors (Lipinski definition) is 0. The van der Waals surface area contributed by atoms with Gasteiger partial charge in [-0.25, -0.2) is 0 Å². The molecule has 7 rings (SSSR count). The standard InChI is InChI=1S/C45H61N6O3P/c1-45(55)23-20-35(21-24-45)42(52)48(3)39(33-13-5-4-6-14-33)22-28-49-30-29-47(2)36(31-49)32-50(40-19-11-15-34-16-12-25-46-41(34)40)26-9-10-27-51-43(53)37-17-7-8-18-38(37)44(51)54/h4-8,12-14,16-18,25,35-36,39-40H,9-11,15,19-24,26-32,55H2,1-3H3/t35?,36-,39+,40+,45?/m1/s1. The smallest absolute Gasteiger partial charge is 0.261 e. The van der Waals surface area contributed by atoms with Gasteiger partial charge in [0.05, 0.1) is 28.9 Å². The van der Waals surface area contributed by atoms with E-state index in [0.29, 0.717) is 29.6 Å². The predicted molar refractivity (Wildman–Crippen MR) is 222 cm³/mol. The monoisotopic (exact) mass is 764 g/mol. The molecule has 2 aliphatic carbocycles. The number of hydrogen-bond acceptors (Lipinski definition) is 7. The van der Waals surface area contributed by atoms with E-state index in [1.807, 2.05) is 25.4 Å². The van der Waals surface area contributed by atoms with Crippen LogP contribution in [0.25, 0.3) is 0 Å². The topological polar surface area (TPSA) is 80.3 Å². The molecule has 1 saturated heterocycles. The lowest BCUT2D eigenvalue weighted by molar-refractivity contribution is -0.138. The van der Waals surface area contributed by atoms with E-state index >= 15 is 0 Å². The van der Waals surface area contributed by atoms with E-state index in [1.54, 1.807) is 12.1 Å². The minimum Gasteiger partial charge on any atom is -0.338 e. The quantitative estimate of drug-likeness (QED) is 0.101.